The molecule has 0 bridgehead atoms. The lowest BCUT2D eigenvalue weighted by Gasteiger charge is -2.19. The number of carboxylic acid groups (broad SMARTS) is 1. The molecule has 4 aromatic rings. The van der Waals surface area contributed by atoms with Gasteiger partial charge in [-0.1, -0.05) is 114 Å². The number of benzene rings is 3. The average molecular weight is 664 g/mol. The van der Waals surface area contributed by atoms with E-state index in [-0.39, 0.29) is 36.5 Å². The monoisotopic (exact) mass is 663 g/mol. The van der Waals surface area contributed by atoms with E-state index in [0.29, 0.717) is 17.8 Å². The van der Waals surface area contributed by atoms with Crippen molar-refractivity contribution in [3.63, 3.8) is 0 Å². The molecule has 2 N–H and O–H groups in total. The number of nitrogens with zero attached hydrogens (tertiary/aromatic N) is 2. The molecule has 0 saturated carbocycles. The molecule has 4 rings (SSSR count). The quantitative estimate of drug-likeness (QED) is 0.0810. The number of carbonyl (C=O) groups excluding carboxylic acids is 2. The van der Waals surface area contributed by atoms with Gasteiger partial charge in [-0.15, -0.1) is 0 Å². The van der Waals surface area contributed by atoms with Gasteiger partial charge in [-0.2, -0.15) is 0 Å². The van der Waals surface area contributed by atoms with Crippen LogP contribution in [0.2, 0.25) is 0 Å². The van der Waals surface area contributed by atoms with Crippen LogP contribution in [0.4, 0.5) is 0 Å². The van der Waals surface area contributed by atoms with Gasteiger partial charge < -0.3 is 15.2 Å². The number of ether oxygens (including phenoxy) is 1. The number of aliphatic carboxylic acids is 1. The third-order valence-corrected chi connectivity index (χ3v) is 8.56. The zero-order valence-electron chi connectivity index (χ0n) is 29.2. The summed E-state index contributed by atoms with van der Waals surface area (Å²) in [7, 11) is 0. The van der Waals surface area contributed by atoms with Gasteiger partial charge in [-0.3, -0.25) is 14.4 Å². The van der Waals surface area contributed by atoms with Gasteiger partial charge >= 0.3 is 5.97 Å². The number of unbranched alkanes of at least 4 members (excludes halogenated alkanes) is 4. The second-order valence-corrected chi connectivity index (χ2v) is 13.6. The lowest BCUT2D eigenvalue weighted by atomic mass is 9.85. The third-order valence-electron chi connectivity index (χ3n) is 8.56. The summed E-state index contributed by atoms with van der Waals surface area (Å²) in [6.45, 7) is 9.28. The predicted molar refractivity (Wildman–Crippen MR) is 194 cm³/mol. The maximum absolute atomic E-state index is 13.3. The first-order valence-corrected chi connectivity index (χ1v) is 17.3. The maximum Gasteiger partial charge on any atom is 0.305 e. The van der Waals surface area contributed by atoms with Crippen LogP contribution in [0, 0.1) is 5.92 Å². The van der Waals surface area contributed by atoms with Crippen molar-refractivity contribution in [2.45, 2.75) is 84.5 Å². The van der Waals surface area contributed by atoms with Gasteiger partial charge in [0.1, 0.15) is 5.75 Å². The van der Waals surface area contributed by atoms with Gasteiger partial charge in [0, 0.05) is 48.0 Å². The summed E-state index contributed by atoms with van der Waals surface area (Å²) in [5.41, 5.74) is 5.24. The van der Waals surface area contributed by atoms with E-state index in [4.69, 9.17) is 9.84 Å². The summed E-state index contributed by atoms with van der Waals surface area (Å²) >= 11 is 0. The molecule has 1 aromatic heterocycles. The zero-order chi connectivity index (χ0) is 35.2. The molecular weight excluding hydrogens is 614 g/mol. The Kier molecular flexibility index (Phi) is 13.6. The molecule has 1 heterocycles. The molecule has 0 radical (unpaired) electrons. The van der Waals surface area contributed by atoms with Crippen molar-refractivity contribution in [1.82, 2.24) is 15.3 Å². The van der Waals surface area contributed by atoms with Crippen molar-refractivity contribution in [2.24, 2.45) is 5.92 Å². The molecule has 0 fully saturated rings. The molecule has 49 heavy (non-hydrogen) atoms. The number of carboxylic acids is 1. The SMILES string of the molecule is CCCCCCCOc1ccc(-c2cnc(-c3ccc(C[C@H](CC(=O)c4ccc(C(C)(C)C)cc4)C(=O)NCCC(=O)O)cc3)nc2)cc1. The first-order valence-electron chi connectivity index (χ1n) is 17.3. The molecule has 0 unspecified atom stereocenters. The Morgan fingerprint density at radius 3 is 2.04 bits per heavy atom. The van der Waals surface area contributed by atoms with Crippen molar-refractivity contribution < 1.29 is 24.2 Å². The normalized spacial score (nSPS) is 11.9. The highest BCUT2D eigenvalue weighted by atomic mass is 16.5. The molecular formula is C41H49N3O5. The van der Waals surface area contributed by atoms with E-state index in [0.717, 1.165) is 46.6 Å². The molecule has 0 spiro atoms. The molecule has 0 aliphatic carbocycles. The smallest absolute Gasteiger partial charge is 0.305 e. The topological polar surface area (TPSA) is 118 Å². The number of carbonyl (C=O) groups is 3. The summed E-state index contributed by atoms with van der Waals surface area (Å²) < 4.78 is 5.89. The minimum Gasteiger partial charge on any atom is -0.494 e. The van der Waals surface area contributed by atoms with Gasteiger partial charge in [-0.25, -0.2) is 9.97 Å². The molecule has 1 atom stereocenters. The Hall–Kier alpha value is -4.85. The summed E-state index contributed by atoms with van der Waals surface area (Å²) in [6, 6.07) is 23.1. The van der Waals surface area contributed by atoms with Crippen molar-refractivity contribution in [3.8, 4) is 28.3 Å². The minimum absolute atomic E-state index is 0.00250. The highest BCUT2D eigenvalue weighted by molar-refractivity contribution is 5.98. The van der Waals surface area contributed by atoms with Gasteiger partial charge in [0.2, 0.25) is 5.91 Å². The molecule has 8 heteroatoms. The van der Waals surface area contributed by atoms with E-state index in [9.17, 15) is 14.4 Å². The van der Waals surface area contributed by atoms with Crippen LogP contribution in [0.3, 0.4) is 0 Å². The number of hydrogen-bond acceptors (Lipinski definition) is 6. The fourth-order valence-corrected chi connectivity index (χ4v) is 5.53. The Morgan fingerprint density at radius 2 is 1.43 bits per heavy atom. The summed E-state index contributed by atoms with van der Waals surface area (Å²) in [5, 5.41) is 11.7. The largest absolute Gasteiger partial charge is 0.494 e. The highest BCUT2D eigenvalue weighted by Crippen LogP contribution is 2.26. The van der Waals surface area contributed by atoms with Crippen LogP contribution in [0.25, 0.3) is 22.5 Å². The van der Waals surface area contributed by atoms with Crippen molar-refractivity contribution in [3.05, 3.63) is 102 Å². The third kappa shape index (κ3) is 11.7. The molecule has 1 amide bonds. The van der Waals surface area contributed by atoms with Crippen LogP contribution >= 0.6 is 0 Å². The maximum atomic E-state index is 13.3. The van der Waals surface area contributed by atoms with Crippen LogP contribution in [0.1, 0.15) is 94.1 Å². The van der Waals surface area contributed by atoms with E-state index >= 15 is 0 Å². The lowest BCUT2D eigenvalue weighted by Crippen LogP contribution is -2.34. The van der Waals surface area contributed by atoms with Crippen molar-refractivity contribution in [2.75, 3.05) is 13.2 Å². The fraction of sp³-hybridized carbons (Fsp3) is 0.390. The van der Waals surface area contributed by atoms with E-state index in [2.05, 4.69) is 43.0 Å². The average Bonchev–Trinajstić information content (AvgIpc) is 3.09. The molecule has 3 aromatic carbocycles. The predicted octanol–water partition coefficient (Wildman–Crippen LogP) is 8.48. The summed E-state index contributed by atoms with van der Waals surface area (Å²) in [4.78, 5) is 46.6. The molecule has 0 saturated heterocycles. The first kappa shape index (κ1) is 37.0. The Labute approximate surface area is 290 Å². The van der Waals surface area contributed by atoms with Gasteiger partial charge in [0.15, 0.2) is 11.6 Å². The second-order valence-electron chi connectivity index (χ2n) is 13.6. The van der Waals surface area contributed by atoms with Crippen LogP contribution in [-0.4, -0.2) is 45.9 Å². The number of ketones is 1. The minimum atomic E-state index is -0.996. The summed E-state index contributed by atoms with van der Waals surface area (Å²) in [5.74, 6) is -0.697. The van der Waals surface area contributed by atoms with E-state index in [1.165, 1.54) is 25.7 Å². The van der Waals surface area contributed by atoms with Gasteiger partial charge in [-0.05, 0) is 47.1 Å². The number of amides is 1. The molecule has 0 aliphatic rings. The Bertz CT molecular complexity index is 1640. The van der Waals surface area contributed by atoms with Gasteiger partial charge in [0.25, 0.3) is 0 Å². The van der Waals surface area contributed by atoms with Crippen LogP contribution in [0.5, 0.6) is 5.75 Å². The van der Waals surface area contributed by atoms with E-state index in [1.807, 2.05) is 72.8 Å². The van der Waals surface area contributed by atoms with Crippen LogP contribution in [0.15, 0.2) is 85.2 Å². The molecule has 0 aliphatic heterocycles. The number of rotatable bonds is 18. The number of aromatic nitrogens is 2. The van der Waals surface area contributed by atoms with Crippen molar-refractivity contribution in [1.29, 1.82) is 0 Å². The lowest BCUT2D eigenvalue weighted by molar-refractivity contribution is -0.137. The Balaban J connectivity index is 1.38. The number of nitrogens with one attached hydrogen (secondary N) is 1. The van der Waals surface area contributed by atoms with Crippen LogP contribution in [-0.2, 0) is 21.4 Å². The second kappa shape index (κ2) is 18.1. The highest BCUT2D eigenvalue weighted by Gasteiger charge is 2.24. The fourth-order valence-electron chi connectivity index (χ4n) is 5.53. The first-order chi connectivity index (χ1) is 23.5. The molecule has 258 valence electrons. The van der Waals surface area contributed by atoms with E-state index < -0.39 is 11.9 Å². The zero-order valence-corrected chi connectivity index (χ0v) is 29.2. The molecule has 8 nitrogen and oxygen atoms in total. The van der Waals surface area contributed by atoms with Crippen LogP contribution < -0.4 is 10.1 Å². The number of hydrogen-bond donors (Lipinski definition) is 2. The summed E-state index contributed by atoms with van der Waals surface area (Å²) in [6.07, 6.45) is 9.77. The van der Waals surface area contributed by atoms with E-state index in [1.54, 1.807) is 12.4 Å². The Morgan fingerprint density at radius 1 is 0.796 bits per heavy atom. The van der Waals surface area contributed by atoms with Gasteiger partial charge in [0.05, 0.1) is 13.0 Å². The standard InChI is InChI=1S/C41H49N3O5/c1-5-6-7-8-9-24-49-36-20-16-30(17-21-36)34-27-43-39(44-28-34)32-12-10-29(11-13-32)25-33(40(48)42-23-22-38(46)47)26-37(45)31-14-18-35(19-15-31)41(2,3)4/h10-21,27-28,33H,5-9,22-26H2,1-4H3,(H,42,48)(H,46,47)/t33-/m1/s1. The van der Waals surface area contributed by atoms with Crippen molar-refractivity contribution >= 4 is 17.7 Å². The number of Topliss-reactive ketones (excluding diaryl/α,β-unsaturated/α-hetero) is 1.